The van der Waals surface area contributed by atoms with Crippen LogP contribution in [0.25, 0.3) is 10.9 Å². The van der Waals surface area contributed by atoms with Crippen LogP contribution in [0.1, 0.15) is 16.9 Å². The third-order valence-electron chi connectivity index (χ3n) is 2.36. The molecule has 0 aliphatic carbocycles. The van der Waals surface area contributed by atoms with E-state index in [0.29, 0.717) is 11.4 Å². The molecule has 0 aliphatic heterocycles. The standard InChI is InChI=1S/C13H12N2O/c1-2-5-13(16)12-8-10(14)9-6-3-4-7-11(9)15-12/h2-4,6-8H,1,5H2,(H2,14,15). The van der Waals surface area contributed by atoms with Crippen molar-refractivity contribution in [1.82, 2.24) is 4.98 Å². The van der Waals surface area contributed by atoms with E-state index in [-0.39, 0.29) is 12.2 Å². The molecule has 1 aromatic carbocycles. The predicted molar refractivity (Wildman–Crippen MR) is 65.3 cm³/mol. The van der Waals surface area contributed by atoms with Gasteiger partial charge in [-0.2, -0.15) is 0 Å². The monoisotopic (exact) mass is 212 g/mol. The van der Waals surface area contributed by atoms with Gasteiger partial charge in [0.2, 0.25) is 0 Å². The molecule has 16 heavy (non-hydrogen) atoms. The average Bonchev–Trinajstić information content (AvgIpc) is 2.29. The van der Waals surface area contributed by atoms with E-state index >= 15 is 0 Å². The van der Waals surface area contributed by atoms with Crippen LogP contribution in [0.2, 0.25) is 0 Å². The van der Waals surface area contributed by atoms with Crippen molar-refractivity contribution in [2.75, 3.05) is 5.73 Å². The third kappa shape index (κ3) is 1.80. The largest absolute Gasteiger partial charge is 0.398 e. The first kappa shape index (κ1) is 10.4. The third-order valence-corrected chi connectivity index (χ3v) is 2.36. The highest BCUT2D eigenvalue weighted by molar-refractivity contribution is 6.00. The van der Waals surface area contributed by atoms with Crippen LogP contribution in [0.4, 0.5) is 5.69 Å². The number of para-hydroxylation sites is 1. The van der Waals surface area contributed by atoms with Gasteiger partial charge in [-0.15, -0.1) is 6.58 Å². The maximum atomic E-state index is 11.7. The number of fused-ring (bicyclic) bond motifs is 1. The number of benzene rings is 1. The lowest BCUT2D eigenvalue weighted by atomic mass is 10.1. The Bertz CT molecular complexity index is 561. The second-order valence-corrected chi connectivity index (χ2v) is 3.53. The maximum absolute atomic E-state index is 11.7. The van der Waals surface area contributed by atoms with Crippen LogP contribution in [0.15, 0.2) is 43.0 Å². The molecule has 3 nitrogen and oxygen atoms in total. The fraction of sp³-hybridized carbons (Fsp3) is 0.0769. The smallest absolute Gasteiger partial charge is 0.185 e. The first-order chi connectivity index (χ1) is 7.72. The molecule has 0 spiro atoms. The Morgan fingerprint density at radius 1 is 1.44 bits per heavy atom. The normalized spacial score (nSPS) is 10.2. The quantitative estimate of drug-likeness (QED) is 0.628. The summed E-state index contributed by atoms with van der Waals surface area (Å²) in [5, 5.41) is 0.873. The summed E-state index contributed by atoms with van der Waals surface area (Å²) >= 11 is 0. The fourth-order valence-corrected chi connectivity index (χ4v) is 1.58. The molecular formula is C13H12N2O. The van der Waals surface area contributed by atoms with Crippen molar-refractivity contribution in [2.24, 2.45) is 0 Å². The minimum Gasteiger partial charge on any atom is -0.398 e. The van der Waals surface area contributed by atoms with E-state index in [2.05, 4.69) is 11.6 Å². The number of nitrogens with zero attached hydrogens (tertiary/aromatic N) is 1. The van der Waals surface area contributed by atoms with Crippen molar-refractivity contribution in [1.29, 1.82) is 0 Å². The molecule has 0 unspecified atom stereocenters. The summed E-state index contributed by atoms with van der Waals surface area (Å²) in [6, 6.07) is 9.12. The van der Waals surface area contributed by atoms with Crippen LogP contribution in [0, 0.1) is 0 Å². The number of aromatic nitrogens is 1. The van der Waals surface area contributed by atoms with E-state index in [1.807, 2.05) is 24.3 Å². The fourth-order valence-electron chi connectivity index (χ4n) is 1.58. The molecule has 0 saturated carbocycles. The highest BCUT2D eigenvalue weighted by atomic mass is 16.1. The van der Waals surface area contributed by atoms with E-state index in [1.54, 1.807) is 12.1 Å². The summed E-state index contributed by atoms with van der Waals surface area (Å²) in [6.45, 7) is 3.53. The average molecular weight is 212 g/mol. The number of hydrogen-bond donors (Lipinski definition) is 1. The SMILES string of the molecule is C=CCC(=O)c1cc(N)c2ccccc2n1. The van der Waals surface area contributed by atoms with Crippen LogP contribution in [0.5, 0.6) is 0 Å². The van der Waals surface area contributed by atoms with Gasteiger partial charge >= 0.3 is 0 Å². The van der Waals surface area contributed by atoms with Gasteiger partial charge in [0.25, 0.3) is 0 Å². The lowest BCUT2D eigenvalue weighted by Gasteiger charge is -2.04. The van der Waals surface area contributed by atoms with Gasteiger partial charge in [0.15, 0.2) is 5.78 Å². The maximum Gasteiger partial charge on any atom is 0.185 e. The summed E-state index contributed by atoms with van der Waals surface area (Å²) in [4.78, 5) is 15.9. The number of hydrogen-bond acceptors (Lipinski definition) is 3. The first-order valence-corrected chi connectivity index (χ1v) is 5.01. The number of nitrogen functional groups attached to an aromatic ring is 1. The molecule has 1 aromatic heterocycles. The first-order valence-electron chi connectivity index (χ1n) is 5.01. The number of nitrogens with two attached hydrogens (primary N) is 1. The van der Waals surface area contributed by atoms with Crippen LogP contribution in [-0.4, -0.2) is 10.8 Å². The van der Waals surface area contributed by atoms with Crippen LogP contribution < -0.4 is 5.73 Å². The second-order valence-electron chi connectivity index (χ2n) is 3.53. The van der Waals surface area contributed by atoms with Gasteiger partial charge in [-0.25, -0.2) is 4.98 Å². The van der Waals surface area contributed by atoms with Crippen LogP contribution in [0.3, 0.4) is 0 Å². The summed E-state index contributed by atoms with van der Waals surface area (Å²) in [5.41, 5.74) is 7.60. The van der Waals surface area contributed by atoms with Gasteiger partial charge in [0, 0.05) is 17.5 Å². The zero-order chi connectivity index (χ0) is 11.5. The van der Waals surface area contributed by atoms with Crippen molar-refractivity contribution >= 4 is 22.4 Å². The molecule has 0 aliphatic rings. The van der Waals surface area contributed by atoms with Crippen molar-refractivity contribution in [2.45, 2.75) is 6.42 Å². The Balaban J connectivity index is 2.57. The molecular weight excluding hydrogens is 200 g/mol. The molecule has 80 valence electrons. The zero-order valence-electron chi connectivity index (χ0n) is 8.81. The summed E-state index contributed by atoms with van der Waals surface area (Å²) in [6.07, 6.45) is 1.85. The Morgan fingerprint density at radius 3 is 2.94 bits per heavy atom. The topological polar surface area (TPSA) is 56.0 Å². The van der Waals surface area contributed by atoms with Gasteiger partial charge < -0.3 is 5.73 Å². The van der Waals surface area contributed by atoms with Gasteiger partial charge in [-0.05, 0) is 12.1 Å². The summed E-state index contributed by atoms with van der Waals surface area (Å²) in [5.74, 6) is -0.0625. The van der Waals surface area contributed by atoms with Gasteiger partial charge in [0.1, 0.15) is 5.69 Å². The minimum atomic E-state index is -0.0625. The lowest BCUT2D eigenvalue weighted by molar-refractivity contribution is 0.0991. The molecule has 0 fully saturated rings. The second kappa shape index (κ2) is 4.14. The van der Waals surface area contributed by atoms with Crippen LogP contribution in [-0.2, 0) is 0 Å². The highest BCUT2D eigenvalue weighted by Crippen LogP contribution is 2.20. The van der Waals surface area contributed by atoms with E-state index < -0.39 is 0 Å². The van der Waals surface area contributed by atoms with Crippen molar-refractivity contribution in [3.8, 4) is 0 Å². The molecule has 0 amide bonds. The van der Waals surface area contributed by atoms with Gasteiger partial charge in [-0.1, -0.05) is 24.3 Å². The Labute approximate surface area is 93.6 Å². The number of pyridine rings is 1. The number of allylic oxidation sites excluding steroid dienone is 1. The Hall–Kier alpha value is -2.16. The molecule has 2 aromatic rings. The molecule has 2 rings (SSSR count). The van der Waals surface area contributed by atoms with Crippen molar-refractivity contribution in [3.63, 3.8) is 0 Å². The van der Waals surface area contributed by atoms with E-state index in [9.17, 15) is 4.79 Å². The van der Waals surface area contributed by atoms with E-state index in [1.165, 1.54) is 0 Å². The predicted octanol–water partition coefficient (Wildman–Crippen LogP) is 2.58. The summed E-state index contributed by atoms with van der Waals surface area (Å²) in [7, 11) is 0. The van der Waals surface area contributed by atoms with E-state index in [0.717, 1.165) is 10.9 Å². The van der Waals surface area contributed by atoms with Crippen LogP contribution >= 0.6 is 0 Å². The van der Waals surface area contributed by atoms with Crippen molar-refractivity contribution in [3.05, 3.63) is 48.7 Å². The number of anilines is 1. The van der Waals surface area contributed by atoms with Crippen molar-refractivity contribution < 1.29 is 4.79 Å². The molecule has 1 heterocycles. The molecule has 0 atom stereocenters. The molecule has 0 radical (unpaired) electrons. The Kier molecular flexibility index (Phi) is 2.68. The Morgan fingerprint density at radius 2 is 2.19 bits per heavy atom. The number of carbonyl (C=O) groups is 1. The molecule has 2 N–H and O–H groups in total. The molecule has 0 saturated heterocycles. The van der Waals surface area contributed by atoms with E-state index in [4.69, 9.17) is 5.73 Å². The number of Topliss-reactive ketones (excluding diaryl/α,β-unsaturated/α-hetero) is 1. The van der Waals surface area contributed by atoms with Gasteiger partial charge in [0.05, 0.1) is 5.52 Å². The molecule has 0 bridgehead atoms. The number of carbonyl (C=O) groups excluding carboxylic acids is 1. The highest BCUT2D eigenvalue weighted by Gasteiger charge is 2.08. The van der Waals surface area contributed by atoms with Gasteiger partial charge in [-0.3, -0.25) is 4.79 Å². The number of rotatable bonds is 3. The molecule has 3 heteroatoms. The number of ketones is 1. The minimum absolute atomic E-state index is 0.0625. The zero-order valence-corrected chi connectivity index (χ0v) is 8.81. The summed E-state index contributed by atoms with van der Waals surface area (Å²) < 4.78 is 0. The lowest BCUT2D eigenvalue weighted by Crippen LogP contribution is -2.02.